The molecule has 1 saturated heterocycles. The zero-order chi connectivity index (χ0) is 17.5. The Morgan fingerprint density at radius 1 is 1.08 bits per heavy atom. The minimum absolute atomic E-state index is 0. The molecule has 0 bridgehead atoms. The van der Waals surface area contributed by atoms with E-state index in [1.165, 1.54) is 44.7 Å². The van der Waals surface area contributed by atoms with Crippen molar-refractivity contribution in [2.24, 2.45) is 0 Å². The lowest BCUT2D eigenvalue weighted by atomic mass is 10.1. The zero-order valence-corrected chi connectivity index (χ0v) is 16.9. The molecule has 0 radical (unpaired) electrons. The number of sulfonamides is 1. The van der Waals surface area contributed by atoms with Crippen LogP contribution in [0.3, 0.4) is 0 Å². The molecule has 26 heavy (non-hydrogen) atoms. The highest BCUT2D eigenvalue weighted by Crippen LogP contribution is 2.21. The highest BCUT2D eigenvalue weighted by Gasteiger charge is 2.21. The van der Waals surface area contributed by atoms with Crippen LogP contribution in [0, 0.1) is 0 Å². The molecule has 9 heteroatoms. The van der Waals surface area contributed by atoms with Gasteiger partial charge in [0.05, 0.1) is 12.2 Å². The van der Waals surface area contributed by atoms with Gasteiger partial charge in [0.1, 0.15) is 4.90 Å². The van der Waals surface area contributed by atoms with E-state index in [0.717, 1.165) is 12.8 Å². The van der Waals surface area contributed by atoms with Crippen molar-refractivity contribution in [1.29, 1.82) is 0 Å². The zero-order valence-electron chi connectivity index (χ0n) is 15.2. The molecule has 1 aliphatic carbocycles. The highest BCUT2D eigenvalue weighted by atomic mass is 35.5. The second kappa shape index (κ2) is 10.6. The fraction of sp³-hybridized carbons (Fsp3) is 0.824. The molecule has 1 aromatic heterocycles. The van der Waals surface area contributed by atoms with Gasteiger partial charge in [-0.25, -0.2) is 13.1 Å². The SMILES string of the molecule is Cl.O=S(=O)(NCCNC1CCCCCC1)c1cnn(C2CCOCC2)c1. The Morgan fingerprint density at radius 3 is 2.46 bits per heavy atom. The minimum Gasteiger partial charge on any atom is -0.381 e. The van der Waals surface area contributed by atoms with E-state index in [9.17, 15) is 8.42 Å². The maximum absolute atomic E-state index is 12.4. The molecular weight excluding hydrogens is 376 g/mol. The third kappa shape index (κ3) is 6.20. The normalized spacial score (nSPS) is 20.5. The van der Waals surface area contributed by atoms with Crippen LogP contribution in [0.1, 0.15) is 57.4 Å². The summed E-state index contributed by atoms with van der Waals surface area (Å²) in [4.78, 5) is 0.244. The predicted octanol–water partition coefficient (Wildman–Crippen LogP) is 2.25. The first kappa shape index (κ1) is 21.6. The fourth-order valence-electron chi connectivity index (χ4n) is 3.64. The Bertz CT molecular complexity index is 624. The summed E-state index contributed by atoms with van der Waals surface area (Å²) in [6.07, 6.45) is 12.4. The topological polar surface area (TPSA) is 85.3 Å². The van der Waals surface area contributed by atoms with E-state index in [-0.39, 0.29) is 23.3 Å². The van der Waals surface area contributed by atoms with Gasteiger partial charge in [-0.15, -0.1) is 12.4 Å². The van der Waals surface area contributed by atoms with Crippen LogP contribution >= 0.6 is 12.4 Å². The number of ether oxygens (including phenoxy) is 1. The fourth-order valence-corrected chi connectivity index (χ4v) is 4.61. The van der Waals surface area contributed by atoms with E-state index in [1.54, 1.807) is 10.9 Å². The van der Waals surface area contributed by atoms with Gasteiger partial charge in [-0.1, -0.05) is 25.7 Å². The Labute approximate surface area is 162 Å². The van der Waals surface area contributed by atoms with Crippen molar-refractivity contribution in [2.75, 3.05) is 26.3 Å². The summed E-state index contributed by atoms with van der Waals surface area (Å²) in [6, 6.07) is 0.762. The van der Waals surface area contributed by atoms with Crippen LogP contribution in [0.15, 0.2) is 17.3 Å². The molecule has 3 rings (SSSR count). The Hall–Kier alpha value is -0.670. The molecule has 2 heterocycles. The predicted molar refractivity (Wildman–Crippen MR) is 103 cm³/mol. The van der Waals surface area contributed by atoms with Crippen molar-refractivity contribution in [3.63, 3.8) is 0 Å². The molecule has 0 atom stereocenters. The Morgan fingerprint density at radius 2 is 1.77 bits per heavy atom. The first-order chi connectivity index (χ1) is 12.1. The van der Waals surface area contributed by atoms with E-state index >= 15 is 0 Å². The van der Waals surface area contributed by atoms with Gasteiger partial charge in [-0.3, -0.25) is 4.68 Å². The minimum atomic E-state index is -3.49. The molecule has 150 valence electrons. The first-order valence-electron chi connectivity index (χ1n) is 9.50. The second-order valence-electron chi connectivity index (χ2n) is 7.04. The Kier molecular flexibility index (Phi) is 8.83. The molecule has 2 N–H and O–H groups in total. The summed E-state index contributed by atoms with van der Waals surface area (Å²) < 4.78 is 34.6. The van der Waals surface area contributed by atoms with Gasteiger partial charge in [-0.05, 0) is 25.7 Å². The molecule has 1 aromatic rings. The number of nitrogens with one attached hydrogen (secondary N) is 2. The molecule has 1 saturated carbocycles. The molecule has 0 spiro atoms. The molecule has 1 aliphatic heterocycles. The number of hydrogen-bond acceptors (Lipinski definition) is 5. The number of aromatic nitrogens is 2. The third-order valence-corrected chi connectivity index (χ3v) is 6.57. The lowest BCUT2D eigenvalue weighted by molar-refractivity contribution is 0.0662. The van der Waals surface area contributed by atoms with E-state index < -0.39 is 10.0 Å². The van der Waals surface area contributed by atoms with Gasteiger partial charge in [0.2, 0.25) is 10.0 Å². The highest BCUT2D eigenvalue weighted by molar-refractivity contribution is 7.89. The number of nitrogens with zero attached hydrogens (tertiary/aromatic N) is 2. The standard InChI is InChI=1S/C17H30N4O3S.ClH/c22-25(23,20-10-9-18-15-5-3-1-2-4-6-15)17-13-19-21(14-17)16-7-11-24-12-8-16;/h13-16,18,20H,1-12H2;1H. The maximum Gasteiger partial charge on any atom is 0.243 e. The van der Waals surface area contributed by atoms with Crippen LogP contribution in [0.2, 0.25) is 0 Å². The molecule has 2 aliphatic rings. The quantitative estimate of drug-likeness (QED) is 0.535. The van der Waals surface area contributed by atoms with Crippen LogP contribution in [0.4, 0.5) is 0 Å². The number of halogens is 1. The van der Waals surface area contributed by atoms with Crippen molar-refractivity contribution in [1.82, 2.24) is 19.8 Å². The largest absolute Gasteiger partial charge is 0.381 e. The van der Waals surface area contributed by atoms with Crippen molar-refractivity contribution >= 4 is 22.4 Å². The first-order valence-corrected chi connectivity index (χ1v) is 11.0. The summed E-state index contributed by atoms with van der Waals surface area (Å²) >= 11 is 0. The lowest BCUT2D eigenvalue weighted by Gasteiger charge is -2.22. The third-order valence-electron chi connectivity index (χ3n) is 5.16. The molecule has 0 aromatic carbocycles. The molecule has 7 nitrogen and oxygen atoms in total. The number of rotatable bonds is 7. The van der Waals surface area contributed by atoms with Crippen LogP contribution in [-0.2, 0) is 14.8 Å². The summed E-state index contributed by atoms with van der Waals surface area (Å²) in [5, 5.41) is 7.73. The molecular formula is C17H31ClN4O3S. The Balaban J connectivity index is 0.00000243. The molecule has 0 amide bonds. The summed E-state index contributed by atoms with van der Waals surface area (Å²) in [7, 11) is -3.49. The maximum atomic E-state index is 12.4. The van der Waals surface area contributed by atoms with E-state index in [1.807, 2.05) is 0 Å². The summed E-state index contributed by atoms with van der Waals surface area (Å²) in [5.74, 6) is 0. The van der Waals surface area contributed by atoms with Crippen molar-refractivity contribution < 1.29 is 13.2 Å². The van der Waals surface area contributed by atoms with Gasteiger partial charge in [0.15, 0.2) is 0 Å². The smallest absolute Gasteiger partial charge is 0.243 e. The van der Waals surface area contributed by atoms with Crippen molar-refractivity contribution in [2.45, 2.75) is 68.3 Å². The number of hydrogen-bond donors (Lipinski definition) is 2. The van der Waals surface area contributed by atoms with Gasteiger partial charge in [-0.2, -0.15) is 5.10 Å². The van der Waals surface area contributed by atoms with Crippen molar-refractivity contribution in [3.8, 4) is 0 Å². The van der Waals surface area contributed by atoms with Gasteiger partial charge >= 0.3 is 0 Å². The lowest BCUT2D eigenvalue weighted by Crippen LogP contribution is -2.36. The summed E-state index contributed by atoms with van der Waals surface area (Å²) in [5.41, 5.74) is 0. The van der Waals surface area contributed by atoms with Crippen LogP contribution in [-0.4, -0.2) is 50.5 Å². The average molecular weight is 407 g/mol. The van der Waals surface area contributed by atoms with Gasteiger partial charge in [0.25, 0.3) is 0 Å². The average Bonchev–Trinajstić information content (AvgIpc) is 2.99. The van der Waals surface area contributed by atoms with E-state index in [2.05, 4.69) is 15.1 Å². The van der Waals surface area contributed by atoms with Crippen LogP contribution in [0.25, 0.3) is 0 Å². The van der Waals surface area contributed by atoms with Crippen LogP contribution in [0.5, 0.6) is 0 Å². The van der Waals surface area contributed by atoms with Crippen LogP contribution < -0.4 is 10.0 Å². The van der Waals surface area contributed by atoms with E-state index in [4.69, 9.17) is 4.74 Å². The van der Waals surface area contributed by atoms with E-state index in [0.29, 0.717) is 32.3 Å². The molecule has 2 fully saturated rings. The monoisotopic (exact) mass is 406 g/mol. The second-order valence-corrected chi connectivity index (χ2v) is 8.81. The van der Waals surface area contributed by atoms with Gasteiger partial charge in [0, 0.05) is 38.5 Å². The molecule has 0 unspecified atom stereocenters. The van der Waals surface area contributed by atoms with Gasteiger partial charge < -0.3 is 10.1 Å². The summed E-state index contributed by atoms with van der Waals surface area (Å²) in [6.45, 7) is 2.48. The van der Waals surface area contributed by atoms with Crippen molar-refractivity contribution in [3.05, 3.63) is 12.4 Å².